The molecule has 1 aliphatic carbocycles. The first-order valence-electron chi connectivity index (χ1n) is 13.2. The minimum Gasteiger partial charge on any atom is -0.338 e. The number of aromatic nitrogens is 2. The van der Waals surface area contributed by atoms with Crippen molar-refractivity contribution in [1.29, 1.82) is 0 Å². The van der Waals surface area contributed by atoms with Crippen LogP contribution in [0.25, 0.3) is 0 Å². The van der Waals surface area contributed by atoms with Gasteiger partial charge in [0.15, 0.2) is 0 Å². The van der Waals surface area contributed by atoms with Crippen molar-refractivity contribution >= 4 is 23.4 Å². The molecule has 3 aromatic rings. The van der Waals surface area contributed by atoms with Gasteiger partial charge in [-0.25, -0.2) is 4.39 Å². The van der Waals surface area contributed by atoms with Crippen LogP contribution in [0.15, 0.2) is 54.7 Å². The number of amides is 3. The number of likely N-dealkylation sites (N-methyl/N-ethyl adjacent to an activating group) is 1. The molecule has 12 heteroatoms. The van der Waals surface area contributed by atoms with E-state index in [2.05, 4.69) is 15.7 Å². The number of hydrogen-bond acceptors (Lipinski definition) is 4. The molecule has 1 aliphatic rings. The van der Waals surface area contributed by atoms with Crippen LogP contribution in [0, 0.1) is 5.82 Å². The zero-order valence-electron chi connectivity index (χ0n) is 22.8. The maximum absolute atomic E-state index is 15.2. The zero-order chi connectivity index (χ0) is 29.9. The number of alkyl halides is 3. The van der Waals surface area contributed by atoms with Gasteiger partial charge in [-0.2, -0.15) is 18.3 Å². The summed E-state index contributed by atoms with van der Waals surface area (Å²) in [4.78, 5) is 39.8. The first-order chi connectivity index (χ1) is 19.4. The third-order valence-electron chi connectivity index (χ3n) is 7.31. The quantitative estimate of drug-likeness (QED) is 0.365. The molecule has 8 nitrogen and oxygen atoms in total. The molecule has 2 N–H and O–H groups in total. The highest BCUT2D eigenvalue weighted by Crippen LogP contribution is 2.36. The molecule has 0 saturated heterocycles. The van der Waals surface area contributed by atoms with Gasteiger partial charge in [0.05, 0.1) is 11.6 Å². The van der Waals surface area contributed by atoms with E-state index < -0.39 is 48.2 Å². The van der Waals surface area contributed by atoms with E-state index >= 15 is 4.39 Å². The maximum Gasteiger partial charge on any atom is 0.406 e. The molecule has 1 heterocycles. The lowest BCUT2D eigenvalue weighted by Gasteiger charge is -2.25. The van der Waals surface area contributed by atoms with E-state index in [-0.39, 0.29) is 22.9 Å². The van der Waals surface area contributed by atoms with E-state index in [9.17, 15) is 27.6 Å². The van der Waals surface area contributed by atoms with Gasteiger partial charge in [-0.15, -0.1) is 0 Å². The van der Waals surface area contributed by atoms with Crippen LogP contribution in [0.5, 0.6) is 0 Å². The summed E-state index contributed by atoms with van der Waals surface area (Å²) in [6.45, 7) is 2.23. The van der Waals surface area contributed by atoms with Crippen LogP contribution < -0.4 is 10.6 Å². The van der Waals surface area contributed by atoms with Crippen molar-refractivity contribution in [1.82, 2.24) is 20.0 Å². The summed E-state index contributed by atoms with van der Waals surface area (Å²) in [7, 11) is 1.03. The number of fused-ring (bicyclic) bond motifs is 1. The van der Waals surface area contributed by atoms with Crippen LogP contribution >= 0.6 is 0 Å². The molecular formula is C29H31F4N5O3. The third kappa shape index (κ3) is 6.75. The Bertz CT molecular complexity index is 1440. The smallest absolute Gasteiger partial charge is 0.338 e. The van der Waals surface area contributed by atoms with Crippen LogP contribution in [0.1, 0.15) is 59.3 Å². The first-order valence-corrected chi connectivity index (χ1v) is 13.2. The Labute approximate surface area is 234 Å². The molecule has 2 unspecified atom stereocenters. The number of aryl methyl sites for hydroxylation is 2. The predicted molar refractivity (Wildman–Crippen MR) is 144 cm³/mol. The van der Waals surface area contributed by atoms with Crippen molar-refractivity contribution in [3.63, 3.8) is 0 Å². The molecule has 3 atom stereocenters. The standard InChI is InChI=1S/C29H31F4N5O3/c1-4-38-24(13-14-34-38)26(39)36-25(21-11-9-18-7-5-6-8-20(18)21)27(40)35-23-12-10-19(15-22(23)30)17(2)28(41)37(3)16-29(31,32)33/h5-8,10,12-15,17,21,25H,4,9,11,16H2,1-3H3,(H,35,40)(H,36,39)/t17?,21-,25?/m0/s1. The van der Waals surface area contributed by atoms with E-state index in [1.807, 2.05) is 31.2 Å². The first kappa shape index (κ1) is 29.8. The van der Waals surface area contributed by atoms with E-state index in [4.69, 9.17) is 0 Å². The van der Waals surface area contributed by atoms with Crippen LogP contribution in [0.3, 0.4) is 0 Å². The van der Waals surface area contributed by atoms with Gasteiger partial charge in [-0.05, 0) is 61.6 Å². The van der Waals surface area contributed by atoms with Crippen LogP contribution in [0.2, 0.25) is 0 Å². The summed E-state index contributed by atoms with van der Waals surface area (Å²) in [5.74, 6) is -4.24. The number of hydrogen-bond donors (Lipinski definition) is 2. The second-order valence-corrected chi connectivity index (χ2v) is 10.1. The lowest BCUT2D eigenvalue weighted by molar-refractivity contribution is -0.159. The van der Waals surface area contributed by atoms with Crippen LogP contribution in [-0.2, 0) is 22.6 Å². The summed E-state index contributed by atoms with van der Waals surface area (Å²) in [6.07, 6.45) is -1.77. The maximum atomic E-state index is 15.2. The monoisotopic (exact) mass is 573 g/mol. The average molecular weight is 574 g/mol. The highest BCUT2D eigenvalue weighted by molar-refractivity contribution is 6.01. The summed E-state index contributed by atoms with van der Waals surface area (Å²) >= 11 is 0. The van der Waals surface area contributed by atoms with Crippen molar-refractivity contribution in [2.45, 2.75) is 57.3 Å². The molecule has 2 aromatic carbocycles. The van der Waals surface area contributed by atoms with Gasteiger partial charge in [0.2, 0.25) is 11.8 Å². The van der Waals surface area contributed by atoms with Crippen molar-refractivity contribution < 1.29 is 31.9 Å². The largest absolute Gasteiger partial charge is 0.406 e. The molecule has 41 heavy (non-hydrogen) atoms. The molecular weight excluding hydrogens is 542 g/mol. The SMILES string of the molecule is CCn1nccc1C(=O)NC(C(=O)Nc1ccc(C(C)C(=O)N(C)CC(F)(F)F)cc1F)[C@H]1CCc2ccccc21. The Kier molecular flexibility index (Phi) is 8.79. The Balaban J connectivity index is 1.55. The molecule has 0 fully saturated rings. The van der Waals surface area contributed by atoms with Crippen LogP contribution in [0.4, 0.5) is 23.2 Å². The predicted octanol–water partition coefficient (Wildman–Crippen LogP) is 4.63. The second-order valence-electron chi connectivity index (χ2n) is 10.1. The van der Waals surface area contributed by atoms with Gasteiger partial charge >= 0.3 is 6.18 Å². The number of nitrogens with one attached hydrogen (secondary N) is 2. The Morgan fingerprint density at radius 3 is 2.56 bits per heavy atom. The van der Waals surface area contributed by atoms with E-state index in [0.717, 1.165) is 24.2 Å². The molecule has 0 bridgehead atoms. The Hall–Kier alpha value is -4.22. The number of halogens is 4. The van der Waals surface area contributed by atoms with Crippen molar-refractivity contribution in [3.05, 3.63) is 82.9 Å². The van der Waals surface area contributed by atoms with Gasteiger partial charge in [-0.1, -0.05) is 30.3 Å². The van der Waals surface area contributed by atoms with E-state index in [1.54, 1.807) is 6.07 Å². The zero-order valence-corrected chi connectivity index (χ0v) is 22.8. The number of nitrogens with zero attached hydrogens (tertiary/aromatic N) is 3. The average Bonchev–Trinajstić information content (AvgIpc) is 3.58. The number of benzene rings is 2. The molecule has 0 saturated carbocycles. The normalized spacial score (nSPS) is 16.0. The molecule has 1 aromatic heterocycles. The molecule has 0 radical (unpaired) electrons. The Morgan fingerprint density at radius 1 is 1.15 bits per heavy atom. The summed E-state index contributed by atoms with van der Waals surface area (Å²) in [6, 6.07) is 11.8. The lowest BCUT2D eigenvalue weighted by Crippen LogP contribution is -2.47. The number of carbonyl (C=O) groups is 3. The summed E-state index contributed by atoms with van der Waals surface area (Å²) < 4.78 is 54.8. The van der Waals surface area contributed by atoms with Crippen molar-refractivity contribution in [3.8, 4) is 0 Å². The van der Waals surface area contributed by atoms with Crippen molar-refractivity contribution in [2.75, 3.05) is 18.9 Å². The molecule has 218 valence electrons. The van der Waals surface area contributed by atoms with E-state index in [0.29, 0.717) is 24.3 Å². The minimum atomic E-state index is -4.56. The van der Waals surface area contributed by atoms with E-state index in [1.165, 1.54) is 29.9 Å². The summed E-state index contributed by atoms with van der Waals surface area (Å²) in [5, 5.41) is 9.47. The Morgan fingerprint density at radius 2 is 1.88 bits per heavy atom. The fraction of sp³-hybridized carbons (Fsp3) is 0.379. The van der Waals surface area contributed by atoms with Gasteiger partial charge in [0.1, 0.15) is 24.1 Å². The minimum absolute atomic E-state index is 0.155. The van der Waals surface area contributed by atoms with Gasteiger partial charge < -0.3 is 15.5 Å². The van der Waals surface area contributed by atoms with Gasteiger partial charge in [0.25, 0.3) is 5.91 Å². The molecule has 0 spiro atoms. The third-order valence-corrected chi connectivity index (χ3v) is 7.31. The highest BCUT2D eigenvalue weighted by atomic mass is 19.4. The summed E-state index contributed by atoms with van der Waals surface area (Å²) in [5.41, 5.74) is 2.23. The van der Waals surface area contributed by atoms with Crippen molar-refractivity contribution in [2.24, 2.45) is 0 Å². The molecule has 0 aliphatic heterocycles. The van der Waals surface area contributed by atoms with Gasteiger partial charge in [0, 0.05) is 25.7 Å². The molecule has 4 rings (SSSR count). The fourth-order valence-electron chi connectivity index (χ4n) is 5.21. The second kappa shape index (κ2) is 12.1. The number of rotatable bonds is 9. The highest BCUT2D eigenvalue weighted by Gasteiger charge is 2.37. The number of carbonyl (C=O) groups excluding carboxylic acids is 3. The fourth-order valence-corrected chi connectivity index (χ4v) is 5.21. The lowest BCUT2D eigenvalue weighted by atomic mass is 9.92. The number of anilines is 1. The molecule has 3 amide bonds. The van der Waals surface area contributed by atoms with Gasteiger partial charge in [-0.3, -0.25) is 19.1 Å². The van der Waals surface area contributed by atoms with Crippen LogP contribution in [-0.4, -0.2) is 58.2 Å². The topological polar surface area (TPSA) is 96.3 Å².